The molecule has 0 atom stereocenters. The molecule has 0 spiro atoms. The monoisotopic (exact) mass is 317 g/mol. The lowest BCUT2D eigenvalue weighted by Gasteiger charge is -2.27. The van der Waals surface area contributed by atoms with Crippen LogP contribution < -0.4 is 4.90 Å². The summed E-state index contributed by atoms with van der Waals surface area (Å²) in [6.45, 7) is 0.261. The first-order valence-corrected chi connectivity index (χ1v) is 5.47. The highest BCUT2D eigenvalue weighted by Crippen LogP contribution is 2.22. The Hall–Kier alpha value is -1.11. The SMILES string of the molecule is O=C1CN(c2ccccc2I)CC(=O)O1. The average Bonchev–Trinajstić information content (AvgIpc) is 2.16. The first-order valence-electron chi connectivity index (χ1n) is 4.40. The Bertz CT molecular complexity index is 403. The van der Waals surface area contributed by atoms with E-state index in [0.29, 0.717) is 0 Å². The van der Waals surface area contributed by atoms with E-state index in [0.717, 1.165) is 9.26 Å². The van der Waals surface area contributed by atoms with E-state index >= 15 is 0 Å². The molecule has 4 nitrogen and oxygen atoms in total. The highest BCUT2D eigenvalue weighted by molar-refractivity contribution is 14.1. The van der Waals surface area contributed by atoms with Crippen molar-refractivity contribution in [3.63, 3.8) is 0 Å². The molecule has 1 aliphatic rings. The summed E-state index contributed by atoms with van der Waals surface area (Å²) in [6.07, 6.45) is 0. The first kappa shape index (κ1) is 10.4. The van der Waals surface area contributed by atoms with Gasteiger partial charge in [0.05, 0.1) is 5.69 Å². The maximum Gasteiger partial charge on any atom is 0.333 e. The van der Waals surface area contributed by atoms with Gasteiger partial charge in [0, 0.05) is 3.57 Å². The maximum absolute atomic E-state index is 11.1. The van der Waals surface area contributed by atoms with E-state index in [2.05, 4.69) is 27.3 Å². The number of rotatable bonds is 1. The number of carbonyl (C=O) groups excluding carboxylic acids is 2. The van der Waals surface area contributed by atoms with Gasteiger partial charge in [-0.3, -0.25) is 0 Å². The van der Waals surface area contributed by atoms with Gasteiger partial charge in [0.1, 0.15) is 13.1 Å². The van der Waals surface area contributed by atoms with Crippen LogP contribution in [0.15, 0.2) is 24.3 Å². The Balaban J connectivity index is 2.27. The van der Waals surface area contributed by atoms with Gasteiger partial charge in [-0.05, 0) is 34.7 Å². The number of halogens is 1. The fourth-order valence-corrected chi connectivity index (χ4v) is 2.17. The lowest BCUT2D eigenvalue weighted by atomic mass is 10.2. The highest BCUT2D eigenvalue weighted by Gasteiger charge is 2.25. The first-order chi connectivity index (χ1) is 7.16. The topological polar surface area (TPSA) is 46.6 Å². The van der Waals surface area contributed by atoms with Crippen LogP contribution in [0, 0.1) is 3.57 Å². The summed E-state index contributed by atoms with van der Waals surface area (Å²) >= 11 is 2.17. The molecule has 15 heavy (non-hydrogen) atoms. The lowest BCUT2D eigenvalue weighted by molar-refractivity contribution is -0.160. The van der Waals surface area contributed by atoms with Crippen LogP contribution in [0.4, 0.5) is 5.69 Å². The molecule has 5 heteroatoms. The molecule has 0 N–H and O–H groups in total. The number of nitrogens with zero attached hydrogens (tertiary/aromatic N) is 1. The number of anilines is 1. The van der Waals surface area contributed by atoms with Gasteiger partial charge in [0.25, 0.3) is 0 Å². The van der Waals surface area contributed by atoms with Crippen molar-refractivity contribution < 1.29 is 14.3 Å². The molecule has 1 fully saturated rings. The molecule has 1 saturated heterocycles. The predicted molar refractivity (Wildman–Crippen MR) is 62.5 cm³/mol. The van der Waals surface area contributed by atoms with Gasteiger partial charge >= 0.3 is 11.9 Å². The minimum absolute atomic E-state index is 0.131. The van der Waals surface area contributed by atoms with Crippen molar-refractivity contribution >= 4 is 40.2 Å². The van der Waals surface area contributed by atoms with Crippen LogP contribution in [0.2, 0.25) is 0 Å². The molecule has 0 aliphatic carbocycles. The smallest absolute Gasteiger partial charge is 0.333 e. The highest BCUT2D eigenvalue weighted by atomic mass is 127. The number of para-hydroxylation sites is 1. The van der Waals surface area contributed by atoms with Gasteiger partial charge in [0.2, 0.25) is 0 Å². The Morgan fingerprint density at radius 3 is 2.33 bits per heavy atom. The molecule has 0 unspecified atom stereocenters. The van der Waals surface area contributed by atoms with Crippen molar-refractivity contribution in [2.24, 2.45) is 0 Å². The van der Waals surface area contributed by atoms with E-state index in [1.54, 1.807) is 4.90 Å². The average molecular weight is 317 g/mol. The van der Waals surface area contributed by atoms with E-state index in [4.69, 9.17) is 0 Å². The van der Waals surface area contributed by atoms with E-state index in [1.807, 2.05) is 24.3 Å². The Kier molecular flexibility index (Phi) is 2.90. The second kappa shape index (κ2) is 4.18. The number of ether oxygens (including phenoxy) is 1. The summed E-state index contributed by atoms with van der Waals surface area (Å²) in [6, 6.07) is 7.60. The third-order valence-corrected chi connectivity index (χ3v) is 2.97. The number of hydrogen-bond acceptors (Lipinski definition) is 4. The molecular formula is C10H8INO3. The molecule has 1 aliphatic heterocycles. The minimum Gasteiger partial charge on any atom is -0.390 e. The second-order valence-electron chi connectivity index (χ2n) is 3.15. The van der Waals surface area contributed by atoms with E-state index in [1.165, 1.54) is 0 Å². The normalized spacial score (nSPS) is 16.5. The summed E-state index contributed by atoms with van der Waals surface area (Å²) in [5.74, 6) is -0.989. The second-order valence-corrected chi connectivity index (χ2v) is 4.32. The lowest BCUT2D eigenvalue weighted by Crippen LogP contribution is -2.43. The molecule has 0 bridgehead atoms. The van der Waals surface area contributed by atoms with Gasteiger partial charge in [-0.15, -0.1) is 0 Å². The number of carbonyl (C=O) groups is 2. The fraction of sp³-hybridized carbons (Fsp3) is 0.200. The van der Waals surface area contributed by atoms with Crippen LogP contribution in [0.25, 0.3) is 0 Å². The molecule has 0 saturated carbocycles. The summed E-state index contributed by atoms with van der Waals surface area (Å²) in [5, 5.41) is 0. The molecule has 0 aromatic heterocycles. The van der Waals surface area contributed by atoms with Gasteiger partial charge < -0.3 is 9.64 Å². The largest absolute Gasteiger partial charge is 0.390 e. The molecule has 0 radical (unpaired) electrons. The molecule has 2 rings (SSSR count). The number of hydrogen-bond donors (Lipinski definition) is 0. The zero-order valence-corrected chi connectivity index (χ0v) is 9.93. The van der Waals surface area contributed by atoms with Crippen LogP contribution in [-0.4, -0.2) is 25.0 Å². The molecule has 78 valence electrons. The van der Waals surface area contributed by atoms with Crippen molar-refractivity contribution in [3.8, 4) is 0 Å². The van der Waals surface area contributed by atoms with Crippen LogP contribution >= 0.6 is 22.6 Å². The summed E-state index contributed by atoms with van der Waals surface area (Å²) in [4.78, 5) is 23.9. The molecule has 1 heterocycles. The number of esters is 2. The minimum atomic E-state index is -0.495. The summed E-state index contributed by atoms with van der Waals surface area (Å²) < 4.78 is 5.47. The molecule has 1 aromatic carbocycles. The van der Waals surface area contributed by atoms with Crippen molar-refractivity contribution in [2.75, 3.05) is 18.0 Å². The Morgan fingerprint density at radius 2 is 1.73 bits per heavy atom. The van der Waals surface area contributed by atoms with Crippen LogP contribution in [0.5, 0.6) is 0 Å². The van der Waals surface area contributed by atoms with Gasteiger partial charge in [-0.2, -0.15) is 0 Å². The summed E-state index contributed by atoms with van der Waals surface area (Å²) in [7, 11) is 0. The van der Waals surface area contributed by atoms with E-state index in [-0.39, 0.29) is 13.1 Å². The van der Waals surface area contributed by atoms with Gasteiger partial charge in [0.15, 0.2) is 0 Å². The zero-order valence-electron chi connectivity index (χ0n) is 7.77. The zero-order chi connectivity index (χ0) is 10.8. The van der Waals surface area contributed by atoms with Crippen molar-refractivity contribution in [3.05, 3.63) is 27.8 Å². The van der Waals surface area contributed by atoms with Gasteiger partial charge in [-0.1, -0.05) is 12.1 Å². The van der Waals surface area contributed by atoms with Crippen LogP contribution in [0.1, 0.15) is 0 Å². The molecule has 0 amide bonds. The van der Waals surface area contributed by atoms with Crippen LogP contribution in [0.3, 0.4) is 0 Å². The predicted octanol–water partition coefficient (Wildman–Crippen LogP) is 1.18. The quantitative estimate of drug-likeness (QED) is 0.443. The third kappa shape index (κ3) is 2.28. The van der Waals surface area contributed by atoms with Crippen molar-refractivity contribution in [1.82, 2.24) is 0 Å². The van der Waals surface area contributed by atoms with Gasteiger partial charge in [-0.25, -0.2) is 9.59 Å². The van der Waals surface area contributed by atoms with Crippen molar-refractivity contribution in [2.45, 2.75) is 0 Å². The summed E-state index contributed by atoms with van der Waals surface area (Å²) in [5.41, 5.74) is 0.892. The molecular weight excluding hydrogens is 309 g/mol. The van der Waals surface area contributed by atoms with Crippen molar-refractivity contribution in [1.29, 1.82) is 0 Å². The third-order valence-electron chi connectivity index (χ3n) is 2.06. The number of morpholine rings is 1. The maximum atomic E-state index is 11.1. The number of benzene rings is 1. The standard InChI is InChI=1S/C10H8INO3/c11-7-3-1-2-4-8(7)12-5-9(13)15-10(14)6-12/h1-4H,5-6H2. The Labute approximate surface area is 100 Å². The molecule has 1 aromatic rings. The van der Waals surface area contributed by atoms with Crippen LogP contribution in [-0.2, 0) is 14.3 Å². The van der Waals surface area contributed by atoms with E-state index < -0.39 is 11.9 Å². The van der Waals surface area contributed by atoms with E-state index in [9.17, 15) is 9.59 Å². The Morgan fingerprint density at radius 1 is 1.13 bits per heavy atom. The number of cyclic esters (lactones) is 2. The fourth-order valence-electron chi connectivity index (χ4n) is 1.44.